The van der Waals surface area contributed by atoms with Gasteiger partial charge in [-0.25, -0.2) is 4.79 Å². The standard InChI is InChI=1S/C9H14O4/c1-4-5-12-9(11)8(7(2)3)13-6-10/h4,6-8H,1,5H2,2-3H3. The van der Waals surface area contributed by atoms with Gasteiger partial charge in [0.25, 0.3) is 6.47 Å². The summed E-state index contributed by atoms with van der Waals surface area (Å²) in [7, 11) is 0. The Hall–Kier alpha value is -1.32. The van der Waals surface area contributed by atoms with E-state index in [-0.39, 0.29) is 19.0 Å². The number of esters is 1. The minimum Gasteiger partial charge on any atom is -0.459 e. The van der Waals surface area contributed by atoms with Gasteiger partial charge in [0.15, 0.2) is 0 Å². The average molecular weight is 186 g/mol. The molecule has 0 bridgehead atoms. The molecule has 0 fully saturated rings. The molecule has 0 radical (unpaired) electrons. The normalized spacial score (nSPS) is 11.9. The van der Waals surface area contributed by atoms with Crippen molar-refractivity contribution in [1.29, 1.82) is 0 Å². The van der Waals surface area contributed by atoms with Crippen molar-refractivity contribution in [1.82, 2.24) is 0 Å². The van der Waals surface area contributed by atoms with Crippen LogP contribution >= 0.6 is 0 Å². The second kappa shape index (κ2) is 6.22. The van der Waals surface area contributed by atoms with Crippen LogP contribution in [0.1, 0.15) is 13.8 Å². The molecule has 4 heteroatoms. The fourth-order valence-corrected chi connectivity index (χ4v) is 0.768. The van der Waals surface area contributed by atoms with E-state index in [1.807, 2.05) is 0 Å². The molecule has 74 valence electrons. The molecule has 0 aromatic carbocycles. The second-order valence-electron chi connectivity index (χ2n) is 2.82. The molecule has 0 amide bonds. The maximum Gasteiger partial charge on any atom is 0.348 e. The lowest BCUT2D eigenvalue weighted by Gasteiger charge is -2.16. The largest absolute Gasteiger partial charge is 0.459 e. The maximum absolute atomic E-state index is 11.2. The first kappa shape index (κ1) is 11.7. The van der Waals surface area contributed by atoms with E-state index < -0.39 is 12.1 Å². The van der Waals surface area contributed by atoms with Crippen LogP contribution < -0.4 is 0 Å². The summed E-state index contributed by atoms with van der Waals surface area (Å²) in [4.78, 5) is 21.2. The van der Waals surface area contributed by atoms with Crippen LogP contribution in [0, 0.1) is 5.92 Å². The molecule has 0 aliphatic rings. The SMILES string of the molecule is C=CCOC(=O)C(OC=O)C(C)C. The van der Waals surface area contributed by atoms with Gasteiger partial charge in [-0.1, -0.05) is 26.5 Å². The van der Waals surface area contributed by atoms with Crippen molar-refractivity contribution in [3.05, 3.63) is 12.7 Å². The van der Waals surface area contributed by atoms with E-state index in [2.05, 4.69) is 11.3 Å². The van der Waals surface area contributed by atoms with Gasteiger partial charge in [-0.3, -0.25) is 4.79 Å². The van der Waals surface area contributed by atoms with Gasteiger partial charge in [0, 0.05) is 5.92 Å². The Morgan fingerprint density at radius 3 is 2.54 bits per heavy atom. The molecule has 4 nitrogen and oxygen atoms in total. The van der Waals surface area contributed by atoms with Gasteiger partial charge >= 0.3 is 5.97 Å². The van der Waals surface area contributed by atoms with Gasteiger partial charge in [-0.05, 0) is 0 Å². The molecular formula is C9H14O4. The first-order chi connectivity index (χ1) is 6.13. The first-order valence-electron chi connectivity index (χ1n) is 4.00. The molecule has 0 aliphatic heterocycles. The van der Waals surface area contributed by atoms with Crippen LogP contribution in [0.25, 0.3) is 0 Å². The molecule has 0 saturated carbocycles. The number of hydrogen-bond donors (Lipinski definition) is 0. The Kier molecular flexibility index (Phi) is 5.59. The summed E-state index contributed by atoms with van der Waals surface area (Å²) >= 11 is 0. The summed E-state index contributed by atoms with van der Waals surface area (Å²) < 4.78 is 9.30. The second-order valence-corrected chi connectivity index (χ2v) is 2.82. The lowest BCUT2D eigenvalue weighted by Crippen LogP contribution is -2.31. The lowest BCUT2D eigenvalue weighted by molar-refractivity contribution is -0.163. The van der Waals surface area contributed by atoms with Crippen molar-refractivity contribution in [2.75, 3.05) is 6.61 Å². The van der Waals surface area contributed by atoms with E-state index in [1.165, 1.54) is 6.08 Å². The fourth-order valence-electron chi connectivity index (χ4n) is 0.768. The molecule has 0 aromatic rings. The highest BCUT2D eigenvalue weighted by Crippen LogP contribution is 2.07. The Bertz CT molecular complexity index is 186. The zero-order valence-electron chi connectivity index (χ0n) is 7.86. The van der Waals surface area contributed by atoms with Crippen LogP contribution in [0.3, 0.4) is 0 Å². The summed E-state index contributed by atoms with van der Waals surface area (Å²) in [5.74, 6) is -0.635. The van der Waals surface area contributed by atoms with Crippen LogP contribution in [-0.4, -0.2) is 25.2 Å². The molecule has 0 rings (SSSR count). The Labute approximate surface area is 77.5 Å². The molecule has 0 saturated heterocycles. The van der Waals surface area contributed by atoms with E-state index in [0.717, 1.165) is 0 Å². The molecule has 0 spiro atoms. The Balaban J connectivity index is 4.10. The molecule has 13 heavy (non-hydrogen) atoms. The van der Waals surface area contributed by atoms with Crippen LogP contribution in [0.15, 0.2) is 12.7 Å². The molecule has 0 aromatic heterocycles. The van der Waals surface area contributed by atoms with Crippen molar-refractivity contribution < 1.29 is 19.1 Å². The fraction of sp³-hybridized carbons (Fsp3) is 0.556. The number of hydrogen-bond acceptors (Lipinski definition) is 4. The number of rotatable bonds is 6. The minimum atomic E-state index is -0.822. The molecular weight excluding hydrogens is 172 g/mol. The van der Waals surface area contributed by atoms with Crippen molar-refractivity contribution in [3.63, 3.8) is 0 Å². The lowest BCUT2D eigenvalue weighted by atomic mass is 10.1. The van der Waals surface area contributed by atoms with Crippen molar-refractivity contribution in [2.45, 2.75) is 20.0 Å². The van der Waals surface area contributed by atoms with Crippen LogP contribution in [0.4, 0.5) is 0 Å². The van der Waals surface area contributed by atoms with Crippen LogP contribution in [0.2, 0.25) is 0 Å². The highest BCUT2D eigenvalue weighted by molar-refractivity contribution is 5.76. The Morgan fingerprint density at radius 1 is 1.54 bits per heavy atom. The molecule has 0 aliphatic carbocycles. The van der Waals surface area contributed by atoms with Gasteiger partial charge < -0.3 is 9.47 Å². The molecule has 0 N–H and O–H groups in total. The first-order valence-corrected chi connectivity index (χ1v) is 4.00. The van der Waals surface area contributed by atoms with Gasteiger partial charge in [0.2, 0.25) is 6.10 Å². The zero-order valence-corrected chi connectivity index (χ0v) is 7.86. The zero-order chi connectivity index (χ0) is 10.3. The van der Waals surface area contributed by atoms with Crippen molar-refractivity contribution in [3.8, 4) is 0 Å². The van der Waals surface area contributed by atoms with Gasteiger partial charge in [0.1, 0.15) is 6.61 Å². The summed E-state index contributed by atoms with van der Waals surface area (Å²) in [6, 6.07) is 0. The van der Waals surface area contributed by atoms with E-state index >= 15 is 0 Å². The number of ether oxygens (including phenoxy) is 2. The minimum absolute atomic E-state index is 0.0949. The molecule has 0 heterocycles. The average Bonchev–Trinajstić information content (AvgIpc) is 2.09. The van der Waals surface area contributed by atoms with Crippen LogP contribution in [0.5, 0.6) is 0 Å². The third-order valence-electron chi connectivity index (χ3n) is 1.38. The van der Waals surface area contributed by atoms with Crippen molar-refractivity contribution in [2.24, 2.45) is 5.92 Å². The smallest absolute Gasteiger partial charge is 0.348 e. The summed E-state index contributed by atoms with van der Waals surface area (Å²) in [5.41, 5.74) is 0. The molecule has 1 atom stereocenters. The highest BCUT2D eigenvalue weighted by atomic mass is 16.6. The van der Waals surface area contributed by atoms with E-state index in [1.54, 1.807) is 13.8 Å². The number of carbonyl (C=O) groups excluding carboxylic acids is 2. The van der Waals surface area contributed by atoms with Gasteiger partial charge in [0.05, 0.1) is 0 Å². The van der Waals surface area contributed by atoms with Crippen molar-refractivity contribution >= 4 is 12.4 Å². The van der Waals surface area contributed by atoms with Gasteiger partial charge in [-0.2, -0.15) is 0 Å². The predicted molar refractivity (Wildman–Crippen MR) is 46.9 cm³/mol. The summed E-state index contributed by atoms with van der Waals surface area (Å²) in [5, 5.41) is 0. The van der Waals surface area contributed by atoms with Crippen LogP contribution in [-0.2, 0) is 19.1 Å². The van der Waals surface area contributed by atoms with E-state index in [0.29, 0.717) is 0 Å². The van der Waals surface area contributed by atoms with E-state index in [4.69, 9.17) is 4.74 Å². The Morgan fingerprint density at radius 2 is 2.15 bits per heavy atom. The third-order valence-corrected chi connectivity index (χ3v) is 1.38. The monoisotopic (exact) mass is 186 g/mol. The summed E-state index contributed by atoms with van der Waals surface area (Å²) in [6.07, 6.45) is 0.633. The maximum atomic E-state index is 11.2. The summed E-state index contributed by atoms with van der Waals surface area (Å²) in [6.45, 7) is 7.31. The van der Waals surface area contributed by atoms with Gasteiger partial charge in [-0.15, -0.1) is 0 Å². The van der Waals surface area contributed by atoms with E-state index in [9.17, 15) is 9.59 Å². The number of carbonyl (C=O) groups is 2. The third kappa shape index (κ3) is 4.30. The highest BCUT2D eigenvalue weighted by Gasteiger charge is 2.24. The quantitative estimate of drug-likeness (QED) is 0.351. The topological polar surface area (TPSA) is 52.6 Å². The molecule has 1 unspecified atom stereocenters. The predicted octanol–water partition coefficient (Wildman–Crippen LogP) is 0.913.